The molecule has 0 atom stereocenters. The third-order valence-electron chi connectivity index (χ3n) is 4.96. The van der Waals surface area contributed by atoms with Crippen LogP contribution >= 0.6 is 0 Å². The van der Waals surface area contributed by atoms with Crippen molar-refractivity contribution in [2.45, 2.75) is 19.4 Å². The van der Waals surface area contributed by atoms with E-state index in [4.69, 9.17) is 4.74 Å². The molecule has 0 spiro atoms. The third kappa shape index (κ3) is 5.85. The zero-order valence-electron chi connectivity index (χ0n) is 16.3. The first-order valence-electron chi connectivity index (χ1n) is 9.65. The largest absolute Gasteiger partial charge is 0.455 e. The molecule has 0 unspecified atom stereocenters. The minimum atomic E-state index is -0.471. The Morgan fingerprint density at radius 2 is 1.50 bits per heavy atom. The number of esters is 1. The summed E-state index contributed by atoms with van der Waals surface area (Å²) in [5, 5.41) is 2.60. The summed E-state index contributed by atoms with van der Waals surface area (Å²) in [6.45, 7) is 0.578. The second-order valence-electron chi connectivity index (χ2n) is 7.08. The molecule has 1 fully saturated rings. The molecule has 2 aromatic rings. The highest BCUT2D eigenvalue weighted by molar-refractivity contribution is 5.94. The van der Waals surface area contributed by atoms with Crippen molar-refractivity contribution in [3.05, 3.63) is 71.3 Å². The number of benzene rings is 2. The lowest BCUT2D eigenvalue weighted by molar-refractivity contribution is -0.153. The smallest absolute Gasteiger partial charge is 0.309 e. The van der Waals surface area contributed by atoms with Crippen LogP contribution in [-0.4, -0.2) is 42.4 Å². The van der Waals surface area contributed by atoms with E-state index in [0.717, 1.165) is 5.56 Å². The molecule has 30 heavy (non-hydrogen) atoms. The monoisotopic (exact) mass is 416 g/mol. The maximum Gasteiger partial charge on any atom is 0.309 e. The fourth-order valence-corrected chi connectivity index (χ4v) is 3.20. The Balaban J connectivity index is 1.38. The summed E-state index contributed by atoms with van der Waals surface area (Å²) in [6.07, 6.45) is 0.867. The number of hydrogen-bond donors (Lipinski definition) is 1. The van der Waals surface area contributed by atoms with E-state index in [-0.39, 0.29) is 24.2 Å². The lowest BCUT2D eigenvalue weighted by atomic mass is 9.96. The van der Waals surface area contributed by atoms with Crippen LogP contribution in [0.4, 0.5) is 8.78 Å². The summed E-state index contributed by atoms with van der Waals surface area (Å²) in [6, 6.07) is 11.1. The standard InChI is InChI=1S/C22H22F2N2O4/c23-18-5-1-15(2-6-18)13-25-20(27)14-30-22(29)17-9-11-26(12-10-17)21(28)16-3-7-19(24)8-4-16/h1-8,17H,9-14H2,(H,25,27). The summed E-state index contributed by atoms with van der Waals surface area (Å²) in [5.74, 6) is -2.27. The number of nitrogens with one attached hydrogen (secondary N) is 1. The highest BCUT2D eigenvalue weighted by Crippen LogP contribution is 2.20. The van der Waals surface area contributed by atoms with Gasteiger partial charge < -0.3 is 15.0 Å². The lowest BCUT2D eigenvalue weighted by Gasteiger charge is -2.31. The average molecular weight is 416 g/mol. The average Bonchev–Trinajstić information content (AvgIpc) is 2.77. The first-order chi connectivity index (χ1) is 14.4. The van der Waals surface area contributed by atoms with E-state index in [2.05, 4.69) is 5.32 Å². The summed E-state index contributed by atoms with van der Waals surface area (Å²) in [7, 11) is 0. The van der Waals surface area contributed by atoms with Crippen molar-refractivity contribution in [3.8, 4) is 0 Å². The van der Waals surface area contributed by atoms with Crippen molar-refractivity contribution < 1.29 is 27.9 Å². The van der Waals surface area contributed by atoms with Crippen molar-refractivity contribution in [1.29, 1.82) is 0 Å². The molecule has 1 aliphatic heterocycles. The predicted octanol–water partition coefficient (Wildman–Crippen LogP) is 2.68. The van der Waals surface area contributed by atoms with E-state index >= 15 is 0 Å². The molecule has 0 aliphatic carbocycles. The molecular weight excluding hydrogens is 394 g/mol. The zero-order chi connectivity index (χ0) is 21.5. The van der Waals surface area contributed by atoms with Gasteiger partial charge in [-0.2, -0.15) is 0 Å². The molecule has 0 bridgehead atoms. The molecule has 1 N–H and O–H groups in total. The molecular formula is C22H22F2N2O4. The van der Waals surface area contributed by atoms with Crippen molar-refractivity contribution in [2.24, 2.45) is 5.92 Å². The minimum Gasteiger partial charge on any atom is -0.455 e. The number of amides is 2. The zero-order valence-corrected chi connectivity index (χ0v) is 16.3. The van der Waals surface area contributed by atoms with Gasteiger partial charge in [0.25, 0.3) is 11.8 Å². The van der Waals surface area contributed by atoms with Gasteiger partial charge in [0.1, 0.15) is 11.6 Å². The molecule has 158 valence electrons. The van der Waals surface area contributed by atoms with Gasteiger partial charge in [-0.15, -0.1) is 0 Å². The number of carbonyl (C=O) groups excluding carboxylic acids is 3. The molecule has 2 aromatic carbocycles. The first kappa shape index (κ1) is 21.4. The van der Waals surface area contributed by atoms with Crippen molar-refractivity contribution in [2.75, 3.05) is 19.7 Å². The van der Waals surface area contributed by atoms with Gasteiger partial charge in [-0.1, -0.05) is 12.1 Å². The normalized spacial score (nSPS) is 14.3. The van der Waals surface area contributed by atoms with Crippen molar-refractivity contribution in [1.82, 2.24) is 10.2 Å². The van der Waals surface area contributed by atoms with Gasteiger partial charge in [-0.25, -0.2) is 8.78 Å². The Morgan fingerprint density at radius 1 is 0.933 bits per heavy atom. The second-order valence-corrected chi connectivity index (χ2v) is 7.08. The summed E-state index contributed by atoms with van der Waals surface area (Å²) >= 11 is 0. The topological polar surface area (TPSA) is 75.7 Å². The van der Waals surface area contributed by atoms with Gasteiger partial charge in [0.2, 0.25) is 0 Å². The number of ether oxygens (including phenoxy) is 1. The maximum atomic E-state index is 13.0. The fraction of sp³-hybridized carbons (Fsp3) is 0.318. The van der Waals surface area contributed by atoms with Gasteiger partial charge in [0.05, 0.1) is 5.92 Å². The number of carbonyl (C=O) groups is 3. The molecule has 0 saturated carbocycles. The number of nitrogens with zero attached hydrogens (tertiary/aromatic N) is 1. The molecule has 8 heteroatoms. The van der Waals surface area contributed by atoms with Crippen LogP contribution in [0.15, 0.2) is 48.5 Å². The van der Waals surface area contributed by atoms with Crippen LogP contribution in [0.3, 0.4) is 0 Å². The summed E-state index contributed by atoms with van der Waals surface area (Å²) < 4.78 is 30.9. The van der Waals surface area contributed by atoms with Crippen molar-refractivity contribution in [3.63, 3.8) is 0 Å². The molecule has 1 aliphatic rings. The van der Waals surface area contributed by atoms with Gasteiger partial charge in [0.15, 0.2) is 6.61 Å². The molecule has 1 heterocycles. The highest BCUT2D eigenvalue weighted by Gasteiger charge is 2.29. The van der Waals surface area contributed by atoms with Crippen LogP contribution in [-0.2, 0) is 20.9 Å². The van der Waals surface area contributed by atoms with E-state index < -0.39 is 24.3 Å². The Labute approximate surface area is 172 Å². The number of halogens is 2. The summed E-state index contributed by atoms with van der Waals surface area (Å²) in [5.41, 5.74) is 1.13. The molecule has 6 nitrogen and oxygen atoms in total. The number of rotatable bonds is 6. The van der Waals surface area contributed by atoms with Crippen LogP contribution in [0, 0.1) is 17.6 Å². The molecule has 2 amide bonds. The molecule has 0 radical (unpaired) electrons. The SMILES string of the molecule is O=C(COC(=O)C1CCN(C(=O)c2ccc(F)cc2)CC1)NCc1ccc(F)cc1. The van der Waals surface area contributed by atoms with Crippen LogP contribution in [0.5, 0.6) is 0 Å². The minimum absolute atomic E-state index is 0.206. The van der Waals surface area contributed by atoms with Crippen LogP contribution in [0.1, 0.15) is 28.8 Å². The van der Waals surface area contributed by atoms with Gasteiger partial charge in [-0.05, 0) is 54.8 Å². The number of hydrogen-bond acceptors (Lipinski definition) is 4. The van der Waals surface area contributed by atoms with E-state index in [1.54, 1.807) is 17.0 Å². The second kappa shape index (κ2) is 9.96. The van der Waals surface area contributed by atoms with Crippen LogP contribution in [0.2, 0.25) is 0 Å². The van der Waals surface area contributed by atoms with E-state index in [1.807, 2.05) is 0 Å². The van der Waals surface area contributed by atoms with Crippen LogP contribution in [0.25, 0.3) is 0 Å². The number of likely N-dealkylation sites (tertiary alicyclic amines) is 1. The Hall–Kier alpha value is -3.29. The first-order valence-corrected chi connectivity index (χ1v) is 9.65. The van der Waals surface area contributed by atoms with Gasteiger partial charge in [-0.3, -0.25) is 14.4 Å². The summed E-state index contributed by atoms with van der Waals surface area (Å²) in [4.78, 5) is 38.1. The number of piperidine rings is 1. The highest BCUT2D eigenvalue weighted by atomic mass is 19.1. The van der Waals surface area contributed by atoms with E-state index in [0.29, 0.717) is 31.5 Å². The van der Waals surface area contributed by atoms with Crippen molar-refractivity contribution >= 4 is 17.8 Å². The Bertz CT molecular complexity index is 892. The predicted molar refractivity (Wildman–Crippen MR) is 104 cm³/mol. The van der Waals surface area contributed by atoms with Crippen LogP contribution < -0.4 is 5.32 Å². The maximum absolute atomic E-state index is 13.0. The molecule has 1 saturated heterocycles. The van der Waals surface area contributed by atoms with E-state index in [9.17, 15) is 23.2 Å². The molecule has 3 rings (SSSR count). The third-order valence-corrected chi connectivity index (χ3v) is 4.96. The Morgan fingerprint density at radius 3 is 2.10 bits per heavy atom. The molecule has 0 aromatic heterocycles. The quantitative estimate of drug-likeness (QED) is 0.735. The fourth-order valence-electron chi connectivity index (χ4n) is 3.20. The van der Waals surface area contributed by atoms with Gasteiger partial charge >= 0.3 is 5.97 Å². The lowest BCUT2D eigenvalue weighted by Crippen LogP contribution is -2.41. The Kier molecular flexibility index (Phi) is 7.11. The van der Waals surface area contributed by atoms with Gasteiger partial charge in [0, 0.05) is 25.2 Å². The van der Waals surface area contributed by atoms with E-state index in [1.165, 1.54) is 36.4 Å².